The molecule has 160 valence electrons. The van der Waals surface area contributed by atoms with Crippen molar-refractivity contribution in [2.45, 2.75) is 32.3 Å². The van der Waals surface area contributed by atoms with Crippen LogP contribution in [-0.2, 0) is 11.4 Å². The molecule has 8 heteroatoms. The van der Waals surface area contributed by atoms with Crippen LogP contribution in [0.25, 0.3) is 5.69 Å². The molecule has 2 N–H and O–H groups in total. The molecule has 4 rings (SSSR count). The fourth-order valence-corrected chi connectivity index (χ4v) is 4.15. The van der Waals surface area contributed by atoms with Crippen molar-refractivity contribution in [3.05, 3.63) is 82.4 Å². The highest BCUT2D eigenvalue weighted by Gasteiger charge is 2.32. The first-order valence-electron chi connectivity index (χ1n) is 10.1. The predicted octanol–water partition coefficient (Wildman–Crippen LogP) is 3.38. The Morgan fingerprint density at radius 1 is 1.29 bits per heavy atom. The molecule has 0 bridgehead atoms. The number of nitrogens with zero attached hydrogens (tertiary/aromatic N) is 3. The van der Waals surface area contributed by atoms with Crippen LogP contribution >= 0.6 is 11.6 Å². The van der Waals surface area contributed by atoms with Crippen LogP contribution in [0.2, 0.25) is 5.02 Å². The maximum absolute atomic E-state index is 13.0. The van der Waals surface area contributed by atoms with E-state index in [4.69, 9.17) is 11.6 Å². The molecular formula is C23H23ClN4O3. The zero-order valence-electron chi connectivity index (χ0n) is 17.1. The van der Waals surface area contributed by atoms with Crippen molar-refractivity contribution in [1.29, 1.82) is 0 Å². The molecule has 1 aromatic heterocycles. The number of aliphatic hydroxyl groups excluding tert-OH is 1. The van der Waals surface area contributed by atoms with E-state index in [1.54, 1.807) is 35.2 Å². The second-order valence-corrected chi connectivity index (χ2v) is 7.98. The second kappa shape index (κ2) is 8.91. The number of imidazole rings is 1. The second-order valence-electron chi connectivity index (χ2n) is 7.57. The predicted molar refractivity (Wildman–Crippen MR) is 117 cm³/mol. The number of carbonyl (C=O) groups is 2. The molecule has 0 saturated carbocycles. The van der Waals surface area contributed by atoms with Crippen LogP contribution < -0.4 is 5.43 Å². The number of aliphatic hydroxyl groups is 1. The first-order chi connectivity index (χ1) is 15.0. The van der Waals surface area contributed by atoms with Crippen LogP contribution in [0.15, 0.2) is 55.0 Å². The third-order valence-corrected chi connectivity index (χ3v) is 5.80. The number of piperidine rings is 1. The van der Waals surface area contributed by atoms with Crippen LogP contribution in [0.1, 0.15) is 45.9 Å². The number of carbonyl (C=O) groups excluding carboxylic acids is 2. The number of hydrazine groups is 1. The monoisotopic (exact) mass is 438 g/mol. The molecule has 1 atom stereocenters. The van der Waals surface area contributed by atoms with Gasteiger partial charge in [0.2, 0.25) is 5.91 Å². The molecular weight excluding hydrogens is 416 g/mol. The zero-order chi connectivity index (χ0) is 22.0. The SMILES string of the molecule is Cc1cn(-c2ccc(C(=O)NN3CCCC(c4ccccc4Cl)C3=O)cc2CO)cn1. The number of aryl methyl sites for hydroxylation is 1. The van der Waals surface area contributed by atoms with Crippen LogP contribution in [0.3, 0.4) is 0 Å². The number of nitrogens with one attached hydrogen (secondary N) is 1. The minimum Gasteiger partial charge on any atom is -0.392 e. The molecule has 7 nitrogen and oxygen atoms in total. The van der Waals surface area contributed by atoms with E-state index in [9.17, 15) is 14.7 Å². The number of benzene rings is 2. The molecule has 1 aliphatic heterocycles. The Labute approximate surface area is 185 Å². The molecule has 0 aliphatic carbocycles. The summed E-state index contributed by atoms with van der Waals surface area (Å²) in [6.07, 6.45) is 4.94. The average Bonchev–Trinajstić information content (AvgIpc) is 3.21. The third kappa shape index (κ3) is 4.33. The molecule has 2 aromatic carbocycles. The summed E-state index contributed by atoms with van der Waals surface area (Å²) >= 11 is 6.28. The van der Waals surface area contributed by atoms with Crippen molar-refractivity contribution in [3.63, 3.8) is 0 Å². The molecule has 2 heterocycles. The number of hydrogen-bond acceptors (Lipinski definition) is 4. The Morgan fingerprint density at radius 2 is 2.10 bits per heavy atom. The van der Waals surface area contributed by atoms with Gasteiger partial charge < -0.3 is 9.67 Å². The van der Waals surface area contributed by atoms with Gasteiger partial charge in [-0.15, -0.1) is 0 Å². The fraction of sp³-hybridized carbons (Fsp3) is 0.261. The van der Waals surface area contributed by atoms with Gasteiger partial charge >= 0.3 is 0 Å². The first kappa shape index (κ1) is 21.1. The van der Waals surface area contributed by atoms with Gasteiger partial charge in [-0.25, -0.2) is 4.98 Å². The smallest absolute Gasteiger partial charge is 0.269 e. The fourth-order valence-electron chi connectivity index (χ4n) is 3.88. The van der Waals surface area contributed by atoms with Crippen molar-refractivity contribution in [1.82, 2.24) is 20.0 Å². The van der Waals surface area contributed by atoms with Crippen molar-refractivity contribution >= 4 is 23.4 Å². The lowest BCUT2D eigenvalue weighted by molar-refractivity contribution is -0.137. The molecule has 1 unspecified atom stereocenters. The van der Waals surface area contributed by atoms with Gasteiger partial charge in [0.05, 0.1) is 30.2 Å². The van der Waals surface area contributed by atoms with Gasteiger partial charge in [-0.1, -0.05) is 29.8 Å². The van der Waals surface area contributed by atoms with E-state index in [1.165, 1.54) is 5.01 Å². The summed E-state index contributed by atoms with van der Waals surface area (Å²) in [5.74, 6) is -0.973. The van der Waals surface area contributed by atoms with Crippen molar-refractivity contribution in [2.75, 3.05) is 6.54 Å². The first-order valence-corrected chi connectivity index (χ1v) is 10.5. The van der Waals surface area contributed by atoms with Crippen molar-refractivity contribution in [3.8, 4) is 5.69 Å². The van der Waals surface area contributed by atoms with Gasteiger partial charge in [0, 0.05) is 28.9 Å². The van der Waals surface area contributed by atoms with Gasteiger partial charge in [-0.3, -0.25) is 20.0 Å². The van der Waals surface area contributed by atoms with E-state index in [2.05, 4.69) is 10.4 Å². The maximum Gasteiger partial charge on any atom is 0.269 e. The highest BCUT2D eigenvalue weighted by atomic mass is 35.5. The van der Waals surface area contributed by atoms with Gasteiger partial charge in [0.25, 0.3) is 5.91 Å². The molecule has 1 aliphatic rings. The molecule has 3 aromatic rings. The summed E-state index contributed by atoms with van der Waals surface area (Å²) < 4.78 is 1.80. The van der Waals surface area contributed by atoms with Crippen LogP contribution in [-0.4, -0.2) is 38.0 Å². The Hall–Kier alpha value is -3.16. The molecule has 1 fully saturated rings. The summed E-state index contributed by atoms with van der Waals surface area (Å²) in [6, 6.07) is 12.3. The minimum absolute atomic E-state index is 0.180. The van der Waals surface area contributed by atoms with Crippen LogP contribution in [0, 0.1) is 6.92 Å². The molecule has 0 radical (unpaired) electrons. The highest BCUT2D eigenvalue weighted by Crippen LogP contribution is 2.32. The van der Waals surface area contributed by atoms with Gasteiger partial charge in [-0.05, 0) is 49.6 Å². The summed E-state index contributed by atoms with van der Waals surface area (Å²) in [4.78, 5) is 30.1. The lowest BCUT2D eigenvalue weighted by Crippen LogP contribution is -2.51. The topological polar surface area (TPSA) is 87.5 Å². The van der Waals surface area contributed by atoms with E-state index in [0.717, 1.165) is 23.4 Å². The minimum atomic E-state index is -0.406. The van der Waals surface area contributed by atoms with E-state index in [0.29, 0.717) is 29.1 Å². The van der Waals surface area contributed by atoms with Crippen LogP contribution in [0.4, 0.5) is 0 Å². The Morgan fingerprint density at radius 3 is 2.81 bits per heavy atom. The largest absolute Gasteiger partial charge is 0.392 e. The van der Waals surface area contributed by atoms with E-state index in [-0.39, 0.29) is 18.4 Å². The highest BCUT2D eigenvalue weighted by molar-refractivity contribution is 6.31. The lowest BCUT2D eigenvalue weighted by Gasteiger charge is -2.32. The number of rotatable bonds is 5. The van der Waals surface area contributed by atoms with Crippen molar-refractivity contribution < 1.29 is 14.7 Å². The quantitative estimate of drug-likeness (QED) is 0.639. The maximum atomic E-state index is 13.0. The van der Waals surface area contributed by atoms with Gasteiger partial charge in [-0.2, -0.15) is 0 Å². The summed E-state index contributed by atoms with van der Waals surface area (Å²) in [5, 5.41) is 11.7. The van der Waals surface area contributed by atoms with Crippen LogP contribution in [0.5, 0.6) is 0 Å². The molecule has 2 amide bonds. The Balaban J connectivity index is 1.52. The normalized spacial score (nSPS) is 16.4. The molecule has 0 spiro atoms. The van der Waals surface area contributed by atoms with E-state index in [1.807, 2.05) is 31.3 Å². The Bertz CT molecular complexity index is 1130. The molecule has 31 heavy (non-hydrogen) atoms. The number of amides is 2. The summed E-state index contributed by atoms with van der Waals surface area (Å²) in [7, 11) is 0. The van der Waals surface area contributed by atoms with Gasteiger partial charge in [0.15, 0.2) is 0 Å². The lowest BCUT2D eigenvalue weighted by atomic mass is 9.90. The summed E-state index contributed by atoms with van der Waals surface area (Å²) in [5.41, 5.74) is 6.03. The number of aromatic nitrogens is 2. The number of hydrogen-bond donors (Lipinski definition) is 2. The third-order valence-electron chi connectivity index (χ3n) is 5.46. The van der Waals surface area contributed by atoms with Crippen molar-refractivity contribution in [2.24, 2.45) is 0 Å². The summed E-state index contributed by atoms with van der Waals surface area (Å²) in [6.45, 7) is 2.08. The standard InChI is InChI=1S/C23H23ClN4O3/c1-15-12-27(14-25-15)21-9-8-16(11-17(21)13-29)22(30)26-28-10-4-6-19(23(28)31)18-5-2-3-7-20(18)24/h2-3,5,7-9,11-12,14,19,29H,4,6,10,13H2,1H3,(H,26,30). The zero-order valence-corrected chi connectivity index (χ0v) is 17.8. The average molecular weight is 439 g/mol. The van der Waals surface area contributed by atoms with E-state index >= 15 is 0 Å². The van der Waals surface area contributed by atoms with Gasteiger partial charge in [0.1, 0.15) is 0 Å². The number of halogens is 1. The van der Waals surface area contributed by atoms with E-state index < -0.39 is 5.91 Å². The molecule has 1 saturated heterocycles. The Kier molecular flexibility index (Phi) is 6.06.